The van der Waals surface area contributed by atoms with Gasteiger partial charge in [0.15, 0.2) is 0 Å². The van der Waals surface area contributed by atoms with Crippen molar-refractivity contribution in [1.82, 2.24) is 5.32 Å². The molecule has 0 aliphatic rings. The van der Waals surface area contributed by atoms with Gasteiger partial charge in [-0.2, -0.15) is 11.8 Å². The van der Waals surface area contributed by atoms with Crippen molar-refractivity contribution < 1.29 is 9.59 Å². The highest BCUT2D eigenvalue weighted by molar-refractivity contribution is 7.99. The summed E-state index contributed by atoms with van der Waals surface area (Å²) in [5, 5.41) is 2.03. The Kier molecular flexibility index (Phi) is 14.0. The zero-order valence-corrected chi connectivity index (χ0v) is 17.8. The van der Waals surface area contributed by atoms with Crippen molar-refractivity contribution >= 4 is 30.0 Å². The Bertz CT molecular complexity index is 591. The molecule has 1 unspecified atom stereocenters. The lowest BCUT2D eigenvalue weighted by Crippen LogP contribution is -2.42. The number of rotatable bonds is 12. The molecule has 6 nitrogen and oxygen atoms in total. The van der Waals surface area contributed by atoms with Gasteiger partial charge in [-0.05, 0) is 53.4 Å². The van der Waals surface area contributed by atoms with Crippen LogP contribution in [0.5, 0.6) is 0 Å². The monoisotopic (exact) mass is 394 g/mol. The van der Waals surface area contributed by atoms with Crippen molar-refractivity contribution in [3.8, 4) is 0 Å². The summed E-state index contributed by atoms with van der Waals surface area (Å²) in [4.78, 5) is 26.4. The lowest BCUT2D eigenvalue weighted by Gasteiger charge is -2.10. The van der Waals surface area contributed by atoms with Crippen LogP contribution in [0.15, 0.2) is 39.9 Å². The molecule has 27 heavy (non-hydrogen) atoms. The molecule has 0 bridgehead atoms. The SMILES string of the molecule is CC(C)=CCCC(C)=CCCC(C)=CCSCC(N=CN)C(=O)NC(N)=O. The molecule has 5 N–H and O–H groups in total. The van der Waals surface area contributed by atoms with Crippen LogP contribution in [0.4, 0.5) is 4.79 Å². The van der Waals surface area contributed by atoms with Crippen LogP contribution in [0.2, 0.25) is 0 Å². The Hall–Kier alpha value is -2.02. The summed E-state index contributed by atoms with van der Waals surface area (Å²) in [5.41, 5.74) is 14.3. The second-order valence-electron chi connectivity index (χ2n) is 6.66. The van der Waals surface area contributed by atoms with Crippen LogP contribution in [0.1, 0.15) is 53.4 Å². The zero-order valence-electron chi connectivity index (χ0n) is 17.0. The number of carbonyl (C=O) groups excluding carboxylic acids is 2. The Morgan fingerprint density at radius 3 is 2.19 bits per heavy atom. The molecule has 0 aliphatic heterocycles. The number of primary amides is 1. The van der Waals surface area contributed by atoms with E-state index in [0.717, 1.165) is 37.8 Å². The summed E-state index contributed by atoms with van der Waals surface area (Å²) in [6, 6.07) is -1.60. The minimum absolute atomic E-state index is 0.431. The molecule has 0 aromatic carbocycles. The number of nitrogens with one attached hydrogen (secondary N) is 1. The Morgan fingerprint density at radius 1 is 1.04 bits per heavy atom. The molecule has 0 spiro atoms. The van der Waals surface area contributed by atoms with E-state index < -0.39 is 18.0 Å². The first-order valence-electron chi connectivity index (χ1n) is 9.12. The maximum absolute atomic E-state index is 11.8. The molecule has 0 aliphatic carbocycles. The maximum Gasteiger partial charge on any atom is 0.318 e. The lowest BCUT2D eigenvalue weighted by atomic mass is 10.1. The molecule has 0 saturated carbocycles. The van der Waals surface area contributed by atoms with Gasteiger partial charge < -0.3 is 11.5 Å². The van der Waals surface area contributed by atoms with Gasteiger partial charge in [0.1, 0.15) is 6.04 Å². The Balaban J connectivity index is 4.21. The number of imide groups is 1. The van der Waals surface area contributed by atoms with Gasteiger partial charge in [0.2, 0.25) is 0 Å². The third kappa shape index (κ3) is 14.8. The standard InChI is InChI=1S/C20H34N4O2S/c1-15(2)7-5-8-16(3)9-6-10-17(4)11-12-27-13-18(23-14-21)19(25)24-20(22)26/h7,9,11,14,18H,5-6,8,10,12-13H2,1-4H3,(H2,21,23)(H3,22,24,25,26). The Morgan fingerprint density at radius 2 is 1.63 bits per heavy atom. The van der Waals surface area contributed by atoms with Crippen LogP contribution >= 0.6 is 11.8 Å². The summed E-state index contributed by atoms with van der Waals surface area (Å²) in [7, 11) is 0. The number of allylic oxidation sites excluding steroid dienone is 5. The van der Waals surface area contributed by atoms with Gasteiger partial charge in [0, 0.05) is 11.5 Å². The molecule has 0 heterocycles. The molecule has 0 fully saturated rings. The van der Waals surface area contributed by atoms with Crippen LogP contribution in [-0.2, 0) is 4.79 Å². The Labute approximate surface area is 167 Å². The van der Waals surface area contributed by atoms with E-state index in [-0.39, 0.29) is 0 Å². The molecular formula is C20H34N4O2S. The summed E-state index contributed by atoms with van der Waals surface area (Å²) in [6.45, 7) is 8.55. The highest BCUT2D eigenvalue weighted by Crippen LogP contribution is 2.13. The second-order valence-corrected chi connectivity index (χ2v) is 7.74. The minimum atomic E-state index is -0.887. The number of amides is 3. The van der Waals surface area contributed by atoms with Crippen LogP contribution < -0.4 is 16.8 Å². The molecule has 3 amide bonds. The van der Waals surface area contributed by atoms with E-state index in [1.54, 1.807) is 11.8 Å². The number of hydrogen-bond donors (Lipinski definition) is 3. The molecule has 0 radical (unpaired) electrons. The minimum Gasteiger partial charge on any atom is -0.390 e. The molecule has 0 saturated heterocycles. The fourth-order valence-electron chi connectivity index (χ4n) is 2.21. The molecule has 152 valence electrons. The van der Waals surface area contributed by atoms with E-state index in [1.807, 2.05) is 5.32 Å². The summed E-state index contributed by atoms with van der Waals surface area (Å²) < 4.78 is 0. The maximum atomic E-state index is 11.8. The molecular weight excluding hydrogens is 360 g/mol. The van der Waals surface area contributed by atoms with E-state index in [9.17, 15) is 9.59 Å². The number of hydrogen-bond acceptors (Lipinski definition) is 4. The quantitative estimate of drug-likeness (QED) is 0.203. The molecule has 0 aromatic rings. The lowest BCUT2D eigenvalue weighted by molar-refractivity contribution is -0.120. The van der Waals surface area contributed by atoms with Gasteiger partial charge in [-0.25, -0.2) is 4.79 Å². The first kappa shape index (κ1) is 25.0. The summed E-state index contributed by atoms with van der Waals surface area (Å²) >= 11 is 1.56. The number of nitrogens with zero attached hydrogens (tertiary/aromatic N) is 1. The first-order valence-corrected chi connectivity index (χ1v) is 10.3. The average Bonchev–Trinajstić information content (AvgIpc) is 2.56. The van der Waals surface area contributed by atoms with Crippen molar-refractivity contribution in [2.45, 2.75) is 59.4 Å². The summed E-state index contributed by atoms with van der Waals surface area (Å²) in [5.74, 6) is 0.668. The van der Waals surface area contributed by atoms with Crippen molar-refractivity contribution in [2.75, 3.05) is 11.5 Å². The average molecular weight is 395 g/mol. The van der Waals surface area contributed by atoms with Gasteiger partial charge in [-0.1, -0.05) is 34.9 Å². The predicted molar refractivity (Wildman–Crippen MR) is 117 cm³/mol. The molecule has 1 atom stereocenters. The fraction of sp³-hybridized carbons (Fsp3) is 0.550. The predicted octanol–water partition coefficient (Wildman–Crippen LogP) is 3.69. The van der Waals surface area contributed by atoms with Crippen LogP contribution in [0.3, 0.4) is 0 Å². The molecule has 0 aromatic heterocycles. The van der Waals surface area contributed by atoms with E-state index >= 15 is 0 Å². The van der Waals surface area contributed by atoms with Gasteiger partial charge in [0.05, 0.1) is 6.34 Å². The van der Waals surface area contributed by atoms with E-state index in [1.165, 1.54) is 16.7 Å². The number of nitrogens with two attached hydrogens (primary N) is 2. The van der Waals surface area contributed by atoms with Gasteiger partial charge in [-0.3, -0.25) is 15.1 Å². The van der Waals surface area contributed by atoms with E-state index in [4.69, 9.17) is 11.5 Å². The second kappa shape index (κ2) is 15.1. The first-order chi connectivity index (χ1) is 12.8. The van der Waals surface area contributed by atoms with Crippen LogP contribution in [0, 0.1) is 0 Å². The molecule has 7 heteroatoms. The smallest absolute Gasteiger partial charge is 0.318 e. The van der Waals surface area contributed by atoms with Crippen molar-refractivity contribution in [3.05, 3.63) is 34.9 Å². The van der Waals surface area contributed by atoms with Crippen LogP contribution in [0.25, 0.3) is 0 Å². The van der Waals surface area contributed by atoms with E-state index in [2.05, 4.69) is 50.9 Å². The largest absolute Gasteiger partial charge is 0.390 e. The number of urea groups is 1. The third-order valence-corrected chi connectivity index (χ3v) is 4.72. The highest BCUT2D eigenvalue weighted by Gasteiger charge is 2.17. The molecule has 0 rings (SSSR count). The number of carbonyl (C=O) groups is 2. The van der Waals surface area contributed by atoms with Crippen molar-refractivity contribution in [1.29, 1.82) is 0 Å². The van der Waals surface area contributed by atoms with Crippen LogP contribution in [-0.4, -0.2) is 35.8 Å². The number of thioether (sulfide) groups is 1. The fourth-order valence-corrected chi connectivity index (χ4v) is 3.21. The summed E-state index contributed by atoms with van der Waals surface area (Å²) in [6.07, 6.45) is 12.1. The van der Waals surface area contributed by atoms with E-state index in [0.29, 0.717) is 5.75 Å². The van der Waals surface area contributed by atoms with Crippen molar-refractivity contribution in [3.63, 3.8) is 0 Å². The van der Waals surface area contributed by atoms with Gasteiger partial charge >= 0.3 is 6.03 Å². The van der Waals surface area contributed by atoms with Gasteiger partial charge in [-0.15, -0.1) is 0 Å². The van der Waals surface area contributed by atoms with Gasteiger partial charge in [0.25, 0.3) is 5.91 Å². The normalized spacial score (nSPS) is 13.5. The topological polar surface area (TPSA) is 111 Å². The van der Waals surface area contributed by atoms with Crippen molar-refractivity contribution in [2.24, 2.45) is 16.5 Å². The third-order valence-electron chi connectivity index (χ3n) is 3.76. The zero-order chi connectivity index (χ0) is 20.7. The number of aliphatic imine (C=N–C) groups is 1. The highest BCUT2D eigenvalue weighted by atomic mass is 32.2.